The van der Waals surface area contributed by atoms with Crippen molar-refractivity contribution < 1.29 is 0 Å². The highest BCUT2D eigenvalue weighted by Crippen LogP contribution is 2.10. The number of nitrogens with one attached hydrogen (secondary N) is 1. The van der Waals surface area contributed by atoms with Gasteiger partial charge in [-0.2, -0.15) is 5.10 Å². The molecule has 0 radical (unpaired) electrons. The highest BCUT2D eigenvalue weighted by molar-refractivity contribution is 7.09. The van der Waals surface area contributed by atoms with Gasteiger partial charge in [0.2, 0.25) is 0 Å². The lowest BCUT2D eigenvalue weighted by atomic mass is 10.3. The van der Waals surface area contributed by atoms with E-state index in [4.69, 9.17) is 0 Å². The predicted molar refractivity (Wildman–Crippen MR) is 70.2 cm³/mol. The van der Waals surface area contributed by atoms with Crippen molar-refractivity contribution in [2.75, 3.05) is 6.54 Å². The van der Waals surface area contributed by atoms with Gasteiger partial charge in [0.15, 0.2) is 0 Å². The predicted octanol–water partition coefficient (Wildman–Crippen LogP) is 2.20. The van der Waals surface area contributed by atoms with Gasteiger partial charge in [-0.15, -0.1) is 11.3 Å². The molecule has 0 saturated heterocycles. The number of aromatic nitrogens is 3. The zero-order valence-electron chi connectivity index (χ0n) is 10.3. The van der Waals surface area contributed by atoms with Gasteiger partial charge in [-0.1, -0.05) is 6.92 Å². The van der Waals surface area contributed by atoms with Crippen LogP contribution in [0.4, 0.5) is 0 Å². The number of rotatable bonds is 6. The maximum Gasteiger partial charge on any atom is 0.114 e. The number of hydrogen-bond donors (Lipinski definition) is 1. The summed E-state index contributed by atoms with van der Waals surface area (Å²) >= 11 is 1.69. The van der Waals surface area contributed by atoms with Crippen LogP contribution < -0.4 is 5.32 Å². The molecule has 5 heteroatoms. The van der Waals surface area contributed by atoms with Crippen LogP contribution in [0, 0.1) is 6.92 Å². The first-order valence-corrected chi connectivity index (χ1v) is 6.79. The topological polar surface area (TPSA) is 42.7 Å². The van der Waals surface area contributed by atoms with Gasteiger partial charge in [-0.25, -0.2) is 4.98 Å². The Morgan fingerprint density at radius 2 is 2.35 bits per heavy atom. The minimum atomic E-state index is 0.770. The number of hydrogen-bond acceptors (Lipinski definition) is 4. The molecule has 0 atom stereocenters. The van der Waals surface area contributed by atoms with Crippen molar-refractivity contribution in [1.82, 2.24) is 20.1 Å². The fourth-order valence-corrected chi connectivity index (χ4v) is 2.37. The van der Waals surface area contributed by atoms with Crippen molar-refractivity contribution in [1.29, 1.82) is 0 Å². The summed E-state index contributed by atoms with van der Waals surface area (Å²) in [5, 5.41) is 10.9. The van der Waals surface area contributed by atoms with Gasteiger partial charge in [0.25, 0.3) is 0 Å². The molecule has 0 aliphatic rings. The molecule has 2 rings (SSSR count). The van der Waals surface area contributed by atoms with Gasteiger partial charge >= 0.3 is 0 Å². The lowest BCUT2D eigenvalue weighted by molar-refractivity contribution is 0.667. The molecule has 0 aliphatic carbocycles. The number of nitrogens with zero attached hydrogens (tertiary/aromatic N) is 3. The summed E-state index contributed by atoms with van der Waals surface area (Å²) in [7, 11) is 0. The van der Waals surface area contributed by atoms with E-state index in [1.54, 1.807) is 11.3 Å². The molecule has 2 aromatic heterocycles. The summed E-state index contributed by atoms with van der Waals surface area (Å²) in [5.74, 6) is 0. The lowest BCUT2D eigenvalue weighted by Crippen LogP contribution is -2.13. The molecule has 0 spiro atoms. The fourth-order valence-electron chi connectivity index (χ4n) is 1.61. The van der Waals surface area contributed by atoms with Crippen LogP contribution in [0.15, 0.2) is 17.8 Å². The standard InChI is InChI=1S/C12H18N4S/c1-3-4-13-5-11-6-14-16(7-11)8-12-15-10(2)9-17-12/h6-7,9,13H,3-5,8H2,1-2H3. The molecular formula is C12H18N4S. The Bertz CT molecular complexity index is 461. The zero-order chi connectivity index (χ0) is 12.1. The van der Waals surface area contributed by atoms with E-state index >= 15 is 0 Å². The summed E-state index contributed by atoms with van der Waals surface area (Å²) in [6.07, 6.45) is 5.16. The van der Waals surface area contributed by atoms with Crippen LogP contribution in [0.2, 0.25) is 0 Å². The molecular weight excluding hydrogens is 232 g/mol. The van der Waals surface area contributed by atoms with E-state index in [1.807, 2.05) is 17.8 Å². The van der Waals surface area contributed by atoms with Gasteiger partial charge < -0.3 is 5.32 Å². The first kappa shape index (κ1) is 12.3. The Kier molecular flexibility index (Phi) is 4.28. The van der Waals surface area contributed by atoms with Gasteiger partial charge in [0, 0.05) is 29.4 Å². The second kappa shape index (κ2) is 5.93. The van der Waals surface area contributed by atoms with Crippen molar-refractivity contribution in [2.45, 2.75) is 33.4 Å². The lowest BCUT2D eigenvalue weighted by Gasteiger charge is -1.99. The maximum atomic E-state index is 4.43. The molecule has 0 aromatic carbocycles. The molecule has 0 saturated carbocycles. The summed E-state index contributed by atoms with van der Waals surface area (Å²) < 4.78 is 1.95. The van der Waals surface area contributed by atoms with Crippen LogP contribution in [0.3, 0.4) is 0 Å². The van der Waals surface area contributed by atoms with Crippen LogP contribution in [0.5, 0.6) is 0 Å². The van der Waals surface area contributed by atoms with E-state index in [1.165, 1.54) is 5.56 Å². The van der Waals surface area contributed by atoms with E-state index < -0.39 is 0 Å². The average Bonchev–Trinajstić information content (AvgIpc) is 2.90. The fraction of sp³-hybridized carbons (Fsp3) is 0.500. The highest BCUT2D eigenvalue weighted by Gasteiger charge is 2.02. The van der Waals surface area contributed by atoms with Crippen molar-refractivity contribution in [3.8, 4) is 0 Å². The molecule has 4 nitrogen and oxygen atoms in total. The van der Waals surface area contributed by atoms with Gasteiger partial charge in [-0.3, -0.25) is 4.68 Å². The minimum Gasteiger partial charge on any atom is -0.313 e. The molecule has 0 amide bonds. The summed E-state index contributed by atoms with van der Waals surface area (Å²) in [4.78, 5) is 4.43. The quantitative estimate of drug-likeness (QED) is 0.799. The van der Waals surface area contributed by atoms with Gasteiger partial charge in [-0.05, 0) is 19.9 Å². The van der Waals surface area contributed by atoms with Crippen LogP contribution >= 0.6 is 11.3 Å². The Balaban J connectivity index is 1.89. The molecule has 0 unspecified atom stereocenters. The third kappa shape index (κ3) is 3.64. The smallest absolute Gasteiger partial charge is 0.114 e. The van der Waals surface area contributed by atoms with Gasteiger partial charge in [0.05, 0.1) is 12.7 Å². The van der Waals surface area contributed by atoms with E-state index in [2.05, 4.69) is 33.9 Å². The van der Waals surface area contributed by atoms with Crippen LogP contribution in [-0.4, -0.2) is 21.3 Å². The van der Waals surface area contributed by atoms with Crippen molar-refractivity contribution in [2.24, 2.45) is 0 Å². The monoisotopic (exact) mass is 250 g/mol. The molecule has 92 valence electrons. The number of thiazole rings is 1. The Morgan fingerprint density at radius 3 is 3.06 bits per heavy atom. The SMILES string of the molecule is CCCNCc1cnn(Cc2nc(C)cs2)c1. The minimum absolute atomic E-state index is 0.770. The molecule has 1 N–H and O–H groups in total. The molecule has 17 heavy (non-hydrogen) atoms. The van der Waals surface area contributed by atoms with E-state index in [0.29, 0.717) is 0 Å². The second-order valence-corrected chi connectivity index (χ2v) is 5.05. The van der Waals surface area contributed by atoms with Crippen molar-refractivity contribution in [3.05, 3.63) is 34.0 Å². The van der Waals surface area contributed by atoms with E-state index in [-0.39, 0.29) is 0 Å². The summed E-state index contributed by atoms with van der Waals surface area (Å²) in [6, 6.07) is 0. The van der Waals surface area contributed by atoms with Crippen LogP contribution in [0.1, 0.15) is 29.6 Å². The van der Waals surface area contributed by atoms with E-state index in [9.17, 15) is 0 Å². The first-order chi connectivity index (χ1) is 8.28. The average molecular weight is 250 g/mol. The van der Waals surface area contributed by atoms with Crippen LogP contribution in [0.25, 0.3) is 0 Å². The summed E-state index contributed by atoms with van der Waals surface area (Å²) in [6.45, 7) is 6.90. The molecule has 2 aromatic rings. The molecule has 0 bridgehead atoms. The number of aryl methyl sites for hydroxylation is 1. The third-order valence-corrected chi connectivity index (χ3v) is 3.36. The maximum absolute atomic E-state index is 4.43. The molecule has 2 heterocycles. The normalized spacial score (nSPS) is 10.9. The third-order valence-electron chi connectivity index (χ3n) is 2.41. The van der Waals surface area contributed by atoms with Gasteiger partial charge in [0.1, 0.15) is 5.01 Å². The zero-order valence-corrected chi connectivity index (χ0v) is 11.1. The van der Waals surface area contributed by atoms with E-state index in [0.717, 1.165) is 36.8 Å². The first-order valence-electron chi connectivity index (χ1n) is 5.91. The largest absolute Gasteiger partial charge is 0.313 e. The summed E-state index contributed by atoms with van der Waals surface area (Å²) in [5.41, 5.74) is 2.31. The second-order valence-electron chi connectivity index (χ2n) is 4.11. The van der Waals surface area contributed by atoms with Crippen molar-refractivity contribution >= 4 is 11.3 Å². The Hall–Kier alpha value is -1.20. The van der Waals surface area contributed by atoms with Crippen molar-refractivity contribution in [3.63, 3.8) is 0 Å². The molecule has 0 aliphatic heterocycles. The highest BCUT2D eigenvalue weighted by atomic mass is 32.1. The molecule has 0 fully saturated rings. The Labute approximate surface area is 106 Å². The van der Waals surface area contributed by atoms with Crippen LogP contribution in [-0.2, 0) is 13.1 Å². The Morgan fingerprint density at radius 1 is 1.47 bits per heavy atom.